The number of likely N-dealkylation sites (N-methyl/N-ethyl adjacent to an activating group) is 1. The molecule has 28 heavy (non-hydrogen) atoms. The second-order valence-electron chi connectivity index (χ2n) is 5.86. The average Bonchev–Trinajstić information content (AvgIpc) is 2.64. The van der Waals surface area contributed by atoms with Crippen molar-refractivity contribution in [1.82, 2.24) is 9.73 Å². The number of hydrogen-bond donors (Lipinski definition) is 1. The third-order valence-electron chi connectivity index (χ3n) is 3.79. The Morgan fingerprint density at radius 1 is 1.21 bits per heavy atom. The summed E-state index contributed by atoms with van der Waals surface area (Å²) in [5.74, 6) is -0.0106. The van der Waals surface area contributed by atoms with Crippen LogP contribution in [-0.4, -0.2) is 45.5 Å². The maximum Gasteiger partial charge on any atom is 0.255 e. The van der Waals surface area contributed by atoms with E-state index in [1.807, 2.05) is 0 Å². The van der Waals surface area contributed by atoms with Crippen LogP contribution in [0.15, 0.2) is 46.4 Å². The van der Waals surface area contributed by atoms with Crippen molar-refractivity contribution in [1.29, 1.82) is 0 Å². The number of benzene rings is 2. The van der Waals surface area contributed by atoms with Gasteiger partial charge in [-0.05, 0) is 48.4 Å². The standard InChI is InChI=1S/C18H19Cl2N3O4S/c1-12-8-14(5-7-17(12)27-3)28(25,26)23(2)11-18(24)22-21-10-13-4-6-15(19)16(20)9-13/h4-10H,11H2,1-3H3,(H,22,24)/b21-10-. The third-order valence-corrected chi connectivity index (χ3v) is 6.33. The maximum absolute atomic E-state index is 12.6. The van der Waals surface area contributed by atoms with Gasteiger partial charge in [0.2, 0.25) is 10.0 Å². The summed E-state index contributed by atoms with van der Waals surface area (Å²) in [4.78, 5) is 12.1. The summed E-state index contributed by atoms with van der Waals surface area (Å²) in [6.45, 7) is 1.34. The molecule has 0 saturated heterocycles. The molecule has 0 radical (unpaired) electrons. The van der Waals surface area contributed by atoms with Crippen LogP contribution in [0.4, 0.5) is 0 Å². The van der Waals surface area contributed by atoms with Gasteiger partial charge in [-0.3, -0.25) is 4.79 Å². The van der Waals surface area contributed by atoms with Crippen molar-refractivity contribution in [3.8, 4) is 5.75 Å². The Hall–Kier alpha value is -2.13. The van der Waals surface area contributed by atoms with Crippen LogP contribution in [0.2, 0.25) is 10.0 Å². The largest absolute Gasteiger partial charge is 0.496 e. The topological polar surface area (TPSA) is 88.1 Å². The molecule has 10 heteroatoms. The first-order chi connectivity index (χ1) is 13.1. The van der Waals surface area contributed by atoms with Gasteiger partial charge in [0.1, 0.15) is 5.75 Å². The van der Waals surface area contributed by atoms with Crippen LogP contribution in [0.1, 0.15) is 11.1 Å². The van der Waals surface area contributed by atoms with Gasteiger partial charge in [0.15, 0.2) is 0 Å². The molecule has 0 bridgehead atoms. The minimum atomic E-state index is -3.84. The predicted molar refractivity (Wildman–Crippen MR) is 110 cm³/mol. The van der Waals surface area contributed by atoms with E-state index in [1.165, 1.54) is 32.5 Å². The number of carbonyl (C=O) groups excluding carboxylic acids is 1. The summed E-state index contributed by atoms with van der Waals surface area (Å²) in [5.41, 5.74) is 3.58. The van der Waals surface area contributed by atoms with E-state index in [2.05, 4.69) is 10.5 Å². The monoisotopic (exact) mass is 443 g/mol. The number of rotatable bonds is 7. The lowest BCUT2D eigenvalue weighted by Gasteiger charge is -2.17. The molecule has 2 aromatic carbocycles. The van der Waals surface area contributed by atoms with Crippen LogP contribution in [0.25, 0.3) is 0 Å². The van der Waals surface area contributed by atoms with Crippen LogP contribution < -0.4 is 10.2 Å². The van der Waals surface area contributed by atoms with Crippen LogP contribution >= 0.6 is 23.2 Å². The normalized spacial score (nSPS) is 11.8. The van der Waals surface area contributed by atoms with E-state index in [1.54, 1.807) is 31.2 Å². The first kappa shape index (κ1) is 22.2. The van der Waals surface area contributed by atoms with E-state index in [0.717, 1.165) is 4.31 Å². The highest BCUT2D eigenvalue weighted by molar-refractivity contribution is 7.89. The van der Waals surface area contributed by atoms with Crippen molar-refractivity contribution in [2.24, 2.45) is 5.10 Å². The van der Waals surface area contributed by atoms with Crippen LogP contribution in [0.5, 0.6) is 5.75 Å². The highest BCUT2D eigenvalue weighted by Crippen LogP contribution is 2.23. The first-order valence-corrected chi connectivity index (χ1v) is 10.2. The molecule has 2 aromatic rings. The highest BCUT2D eigenvalue weighted by Gasteiger charge is 2.23. The number of nitrogens with zero attached hydrogens (tertiary/aromatic N) is 2. The second kappa shape index (κ2) is 9.38. The number of hydrogen-bond acceptors (Lipinski definition) is 5. The molecule has 0 aliphatic carbocycles. The van der Waals surface area contributed by atoms with Gasteiger partial charge in [-0.25, -0.2) is 13.8 Å². The predicted octanol–water partition coefficient (Wildman–Crippen LogP) is 3.08. The lowest BCUT2D eigenvalue weighted by atomic mass is 10.2. The lowest BCUT2D eigenvalue weighted by molar-refractivity contribution is -0.121. The molecule has 2 rings (SSSR count). The fourth-order valence-corrected chi connectivity index (χ4v) is 3.80. The first-order valence-electron chi connectivity index (χ1n) is 8.03. The highest BCUT2D eigenvalue weighted by atomic mass is 35.5. The number of hydrazone groups is 1. The summed E-state index contributed by atoms with van der Waals surface area (Å²) in [5, 5.41) is 4.56. The Kier molecular flexibility index (Phi) is 7.42. The Morgan fingerprint density at radius 3 is 2.54 bits per heavy atom. The van der Waals surface area contributed by atoms with Gasteiger partial charge in [-0.1, -0.05) is 29.3 Å². The summed E-state index contributed by atoms with van der Waals surface area (Å²) >= 11 is 11.7. The van der Waals surface area contributed by atoms with E-state index < -0.39 is 22.5 Å². The zero-order chi connectivity index (χ0) is 20.9. The number of nitrogens with one attached hydrogen (secondary N) is 1. The number of methoxy groups -OCH3 is 1. The van der Waals surface area contributed by atoms with Gasteiger partial charge < -0.3 is 4.74 Å². The van der Waals surface area contributed by atoms with Crippen molar-refractivity contribution in [2.45, 2.75) is 11.8 Å². The van der Waals surface area contributed by atoms with Gasteiger partial charge in [-0.15, -0.1) is 0 Å². The van der Waals surface area contributed by atoms with Crippen LogP contribution in [-0.2, 0) is 14.8 Å². The molecular weight excluding hydrogens is 425 g/mol. The van der Waals surface area contributed by atoms with Crippen LogP contribution in [0.3, 0.4) is 0 Å². The van der Waals surface area contributed by atoms with E-state index in [-0.39, 0.29) is 4.90 Å². The molecular formula is C18H19Cl2N3O4S. The molecule has 0 aliphatic rings. The fraction of sp³-hybridized carbons (Fsp3) is 0.222. The van der Waals surface area contributed by atoms with Gasteiger partial charge in [0.05, 0.1) is 34.8 Å². The van der Waals surface area contributed by atoms with E-state index in [4.69, 9.17) is 27.9 Å². The lowest BCUT2D eigenvalue weighted by Crippen LogP contribution is -2.36. The average molecular weight is 444 g/mol. The maximum atomic E-state index is 12.6. The molecule has 0 aliphatic heterocycles. The molecule has 0 unspecified atom stereocenters. The smallest absolute Gasteiger partial charge is 0.255 e. The summed E-state index contributed by atoms with van der Waals surface area (Å²) in [6.07, 6.45) is 1.38. The van der Waals surface area contributed by atoms with Crippen molar-refractivity contribution in [3.63, 3.8) is 0 Å². The van der Waals surface area contributed by atoms with E-state index >= 15 is 0 Å². The number of amides is 1. The molecule has 1 N–H and O–H groups in total. The minimum Gasteiger partial charge on any atom is -0.496 e. The number of aryl methyl sites for hydroxylation is 1. The summed E-state index contributed by atoms with van der Waals surface area (Å²) < 4.78 is 31.3. The Morgan fingerprint density at radius 2 is 1.93 bits per heavy atom. The summed E-state index contributed by atoms with van der Waals surface area (Å²) in [6, 6.07) is 9.35. The van der Waals surface area contributed by atoms with Gasteiger partial charge >= 0.3 is 0 Å². The number of sulfonamides is 1. The molecule has 0 atom stereocenters. The quantitative estimate of drug-likeness (QED) is 0.525. The number of carbonyl (C=O) groups is 1. The Labute approximate surface area is 173 Å². The van der Waals surface area contributed by atoms with Crippen molar-refractivity contribution < 1.29 is 17.9 Å². The molecule has 0 aromatic heterocycles. The van der Waals surface area contributed by atoms with Crippen LogP contribution in [0, 0.1) is 6.92 Å². The van der Waals surface area contributed by atoms with Gasteiger partial charge in [-0.2, -0.15) is 9.41 Å². The molecule has 0 saturated carbocycles. The molecule has 0 spiro atoms. The molecule has 7 nitrogen and oxygen atoms in total. The Bertz CT molecular complexity index is 1010. The molecule has 150 valence electrons. The fourth-order valence-electron chi connectivity index (χ4n) is 2.29. The third kappa shape index (κ3) is 5.45. The van der Waals surface area contributed by atoms with Gasteiger partial charge in [0.25, 0.3) is 5.91 Å². The number of halogens is 2. The van der Waals surface area contributed by atoms with Crippen molar-refractivity contribution in [2.75, 3.05) is 20.7 Å². The molecule has 0 heterocycles. The van der Waals surface area contributed by atoms with Gasteiger partial charge in [0, 0.05) is 7.05 Å². The van der Waals surface area contributed by atoms with E-state index in [9.17, 15) is 13.2 Å². The summed E-state index contributed by atoms with van der Waals surface area (Å²) in [7, 11) is -1.01. The molecule has 1 amide bonds. The SMILES string of the molecule is COc1ccc(S(=O)(=O)N(C)CC(=O)N/N=C\c2ccc(Cl)c(Cl)c2)cc1C. The zero-order valence-electron chi connectivity index (χ0n) is 15.4. The second-order valence-corrected chi connectivity index (χ2v) is 8.72. The van der Waals surface area contributed by atoms with E-state index in [0.29, 0.717) is 26.9 Å². The Balaban J connectivity index is 2.01. The number of ether oxygens (including phenoxy) is 1. The van der Waals surface area contributed by atoms with Crippen molar-refractivity contribution in [3.05, 3.63) is 57.6 Å². The van der Waals surface area contributed by atoms with Crippen molar-refractivity contribution >= 4 is 45.3 Å². The molecule has 0 fully saturated rings. The zero-order valence-corrected chi connectivity index (χ0v) is 17.8. The minimum absolute atomic E-state index is 0.0698.